The number of carbonyl (C=O) groups is 1. The number of rotatable bonds is 8. The number of nitrogens with zero attached hydrogens (tertiary/aromatic N) is 2. The van der Waals surface area contributed by atoms with Crippen LogP contribution in [-0.2, 0) is 10.5 Å². The van der Waals surface area contributed by atoms with Gasteiger partial charge in [-0.15, -0.1) is 11.8 Å². The quantitative estimate of drug-likeness (QED) is 0.674. The van der Waals surface area contributed by atoms with Crippen LogP contribution in [-0.4, -0.2) is 34.9 Å². The van der Waals surface area contributed by atoms with Crippen molar-refractivity contribution in [2.45, 2.75) is 19.6 Å². The predicted octanol–water partition coefficient (Wildman–Crippen LogP) is 3.45. The molecule has 0 saturated heterocycles. The van der Waals surface area contributed by atoms with Crippen molar-refractivity contribution in [3.63, 3.8) is 0 Å². The van der Waals surface area contributed by atoms with E-state index >= 15 is 0 Å². The number of amides is 1. The summed E-state index contributed by atoms with van der Waals surface area (Å²) in [6, 6.07) is 1.61. The zero-order valence-corrected chi connectivity index (χ0v) is 15.7. The molecule has 0 radical (unpaired) electrons. The number of aryl methyl sites for hydroxylation is 2. The third kappa shape index (κ3) is 5.58. The summed E-state index contributed by atoms with van der Waals surface area (Å²) in [5, 5.41) is 10.7. The van der Waals surface area contributed by atoms with E-state index in [1.807, 2.05) is 13.8 Å². The minimum atomic E-state index is -0.0243. The van der Waals surface area contributed by atoms with Gasteiger partial charge < -0.3 is 15.2 Å². The van der Waals surface area contributed by atoms with Crippen LogP contribution in [0.15, 0.2) is 16.8 Å². The van der Waals surface area contributed by atoms with Gasteiger partial charge in [-0.2, -0.15) is 0 Å². The van der Waals surface area contributed by atoms with Crippen LogP contribution in [0.3, 0.4) is 0 Å². The molecule has 0 unspecified atom stereocenters. The molecule has 0 aromatic carbocycles. The smallest absolute Gasteiger partial charge is 0.230 e. The highest BCUT2D eigenvalue weighted by Gasteiger charge is 2.10. The predicted molar refractivity (Wildman–Crippen MR) is 97.9 cm³/mol. The third-order valence-corrected chi connectivity index (χ3v) is 4.66. The normalized spacial score (nSPS) is 10.7. The van der Waals surface area contributed by atoms with Crippen LogP contribution in [0.25, 0.3) is 0 Å². The molecule has 2 aromatic rings. The maximum Gasteiger partial charge on any atom is 0.230 e. The molecular formula is C15H18Cl2N4O2S. The number of anilines is 1. The van der Waals surface area contributed by atoms with E-state index in [9.17, 15) is 4.79 Å². The van der Waals surface area contributed by atoms with Crippen molar-refractivity contribution in [3.8, 4) is 0 Å². The lowest BCUT2D eigenvalue weighted by atomic mass is 10.2. The van der Waals surface area contributed by atoms with E-state index < -0.39 is 0 Å². The van der Waals surface area contributed by atoms with E-state index in [1.165, 1.54) is 18.0 Å². The van der Waals surface area contributed by atoms with E-state index in [1.54, 1.807) is 6.07 Å². The number of halogens is 2. The van der Waals surface area contributed by atoms with Crippen molar-refractivity contribution >= 4 is 46.7 Å². The zero-order valence-electron chi connectivity index (χ0n) is 13.4. The average molecular weight is 389 g/mol. The molecule has 0 aliphatic heterocycles. The van der Waals surface area contributed by atoms with Crippen LogP contribution < -0.4 is 10.6 Å². The van der Waals surface area contributed by atoms with Crippen LogP contribution in [0.4, 0.5) is 5.82 Å². The SMILES string of the molecule is Cc1noc(C)c1CSCC(=O)NCCNc1ncc(Cl)cc1Cl. The van der Waals surface area contributed by atoms with Gasteiger partial charge in [0.2, 0.25) is 5.91 Å². The van der Waals surface area contributed by atoms with Gasteiger partial charge in [-0.25, -0.2) is 4.98 Å². The molecule has 0 aliphatic carbocycles. The van der Waals surface area contributed by atoms with Crippen LogP contribution in [0, 0.1) is 13.8 Å². The van der Waals surface area contributed by atoms with Gasteiger partial charge in [0.05, 0.1) is 21.5 Å². The van der Waals surface area contributed by atoms with Crippen molar-refractivity contribution in [1.29, 1.82) is 0 Å². The van der Waals surface area contributed by atoms with Crippen molar-refractivity contribution in [2.24, 2.45) is 0 Å². The monoisotopic (exact) mass is 388 g/mol. The maximum atomic E-state index is 11.8. The van der Waals surface area contributed by atoms with E-state index in [2.05, 4.69) is 20.8 Å². The fourth-order valence-corrected chi connectivity index (χ4v) is 3.38. The van der Waals surface area contributed by atoms with Crippen LogP contribution in [0.1, 0.15) is 17.0 Å². The van der Waals surface area contributed by atoms with E-state index in [0.717, 1.165) is 17.0 Å². The minimum Gasteiger partial charge on any atom is -0.367 e. The summed E-state index contributed by atoms with van der Waals surface area (Å²) < 4.78 is 5.09. The van der Waals surface area contributed by atoms with Gasteiger partial charge in [-0.3, -0.25) is 4.79 Å². The number of carbonyl (C=O) groups excluding carboxylic acids is 1. The fraction of sp³-hybridized carbons (Fsp3) is 0.400. The molecule has 0 aliphatic rings. The van der Waals surface area contributed by atoms with E-state index in [0.29, 0.717) is 40.5 Å². The maximum absolute atomic E-state index is 11.8. The lowest BCUT2D eigenvalue weighted by Crippen LogP contribution is -2.30. The molecule has 2 heterocycles. The van der Waals surface area contributed by atoms with E-state index in [4.69, 9.17) is 27.7 Å². The highest BCUT2D eigenvalue weighted by Crippen LogP contribution is 2.22. The molecule has 2 aromatic heterocycles. The number of nitrogens with one attached hydrogen (secondary N) is 2. The molecule has 2 N–H and O–H groups in total. The molecule has 2 rings (SSSR count). The Morgan fingerprint density at radius 1 is 1.33 bits per heavy atom. The Morgan fingerprint density at radius 3 is 2.79 bits per heavy atom. The third-order valence-electron chi connectivity index (χ3n) is 3.21. The minimum absolute atomic E-state index is 0.0243. The first kappa shape index (κ1) is 18.9. The van der Waals surface area contributed by atoms with Gasteiger partial charge in [0.25, 0.3) is 0 Å². The van der Waals surface area contributed by atoms with Crippen molar-refractivity contribution in [1.82, 2.24) is 15.5 Å². The van der Waals surface area contributed by atoms with Crippen LogP contribution in [0.5, 0.6) is 0 Å². The average Bonchev–Trinajstić information content (AvgIpc) is 2.85. The molecule has 0 spiro atoms. The second kappa shape index (κ2) is 9.15. The number of aromatic nitrogens is 2. The molecule has 0 atom stereocenters. The molecule has 6 nitrogen and oxygen atoms in total. The Hall–Kier alpha value is -1.44. The number of thioether (sulfide) groups is 1. The van der Waals surface area contributed by atoms with Crippen LogP contribution >= 0.6 is 35.0 Å². The first-order valence-corrected chi connectivity index (χ1v) is 9.19. The van der Waals surface area contributed by atoms with Crippen molar-refractivity contribution < 1.29 is 9.32 Å². The summed E-state index contributed by atoms with van der Waals surface area (Å²) in [7, 11) is 0. The van der Waals surface area contributed by atoms with Gasteiger partial charge >= 0.3 is 0 Å². The Morgan fingerprint density at radius 2 is 2.12 bits per heavy atom. The summed E-state index contributed by atoms with van der Waals surface area (Å²) in [5.74, 6) is 2.41. The standard InChI is InChI=1S/C15H18Cl2N4O2S/c1-9-12(10(2)23-21-9)7-24-8-14(22)18-3-4-19-15-13(17)5-11(16)6-20-15/h5-6H,3-4,7-8H2,1-2H3,(H,18,22)(H,19,20). The molecule has 0 saturated carbocycles. The second-order valence-corrected chi connectivity index (χ2v) is 6.89. The Labute approximate surface area is 154 Å². The first-order chi connectivity index (χ1) is 11.5. The topological polar surface area (TPSA) is 80.0 Å². The van der Waals surface area contributed by atoms with Crippen molar-refractivity contribution in [3.05, 3.63) is 39.3 Å². The zero-order chi connectivity index (χ0) is 17.5. The van der Waals surface area contributed by atoms with Gasteiger partial charge in [0, 0.05) is 30.6 Å². The summed E-state index contributed by atoms with van der Waals surface area (Å²) in [6.45, 7) is 4.77. The largest absolute Gasteiger partial charge is 0.367 e. The fourth-order valence-electron chi connectivity index (χ4n) is 1.93. The molecular weight excluding hydrogens is 371 g/mol. The summed E-state index contributed by atoms with van der Waals surface area (Å²) >= 11 is 13.3. The molecule has 130 valence electrons. The molecule has 0 fully saturated rings. The lowest BCUT2D eigenvalue weighted by Gasteiger charge is -2.08. The van der Waals surface area contributed by atoms with Gasteiger partial charge in [-0.05, 0) is 19.9 Å². The first-order valence-electron chi connectivity index (χ1n) is 7.28. The summed E-state index contributed by atoms with van der Waals surface area (Å²) in [5.41, 5.74) is 1.93. The molecule has 1 amide bonds. The van der Waals surface area contributed by atoms with Crippen molar-refractivity contribution in [2.75, 3.05) is 24.2 Å². The Kier molecular flexibility index (Phi) is 7.20. The Bertz CT molecular complexity index is 689. The van der Waals surface area contributed by atoms with Gasteiger partial charge in [-0.1, -0.05) is 28.4 Å². The second-order valence-electron chi connectivity index (χ2n) is 5.06. The number of hydrogen-bond donors (Lipinski definition) is 2. The molecule has 9 heteroatoms. The highest BCUT2D eigenvalue weighted by molar-refractivity contribution is 7.99. The van der Waals surface area contributed by atoms with Gasteiger partial charge in [0.15, 0.2) is 0 Å². The van der Waals surface area contributed by atoms with Gasteiger partial charge in [0.1, 0.15) is 11.6 Å². The lowest BCUT2D eigenvalue weighted by molar-refractivity contribution is -0.118. The summed E-state index contributed by atoms with van der Waals surface area (Å²) in [6.07, 6.45) is 1.51. The highest BCUT2D eigenvalue weighted by atomic mass is 35.5. The Balaban J connectivity index is 1.63. The molecule has 24 heavy (non-hydrogen) atoms. The van der Waals surface area contributed by atoms with E-state index in [-0.39, 0.29) is 5.91 Å². The number of pyridine rings is 1. The molecule has 0 bridgehead atoms. The number of hydrogen-bond acceptors (Lipinski definition) is 6. The van der Waals surface area contributed by atoms with Crippen LogP contribution in [0.2, 0.25) is 10.0 Å². The summed E-state index contributed by atoms with van der Waals surface area (Å²) in [4.78, 5) is 15.9.